The summed E-state index contributed by atoms with van der Waals surface area (Å²) in [6, 6.07) is 9.16. The lowest BCUT2D eigenvalue weighted by molar-refractivity contribution is -0.145. The van der Waals surface area contributed by atoms with Crippen LogP contribution in [-0.2, 0) is 22.3 Å². The van der Waals surface area contributed by atoms with Gasteiger partial charge in [-0.15, -0.1) is 0 Å². The number of ether oxygens (including phenoxy) is 1. The molecule has 1 aromatic heterocycles. The zero-order chi connectivity index (χ0) is 20.0. The van der Waals surface area contributed by atoms with Crippen LogP contribution in [0, 0.1) is 5.92 Å². The van der Waals surface area contributed by atoms with E-state index in [4.69, 9.17) is 0 Å². The van der Waals surface area contributed by atoms with Gasteiger partial charge in [-0.25, -0.2) is 0 Å². The van der Waals surface area contributed by atoms with Crippen molar-refractivity contribution < 1.29 is 27.5 Å². The number of carbonyl (C=O) groups is 2. The van der Waals surface area contributed by atoms with Gasteiger partial charge in [-0.3, -0.25) is 14.6 Å². The SMILES string of the molecule is COC(=O)C(C)CN(Cc1ccccn1)C(=O)c1ccc(C(F)(F)F)cc1. The molecule has 0 fully saturated rings. The molecule has 144 valence electrons. The fourth-order valence-corrected chi connectivity index (χ4v) is 2.50. The lowest BCUT2D eigenvalue weighted by Crippen LogP contribution is -2.37. The lowest BCUT2D eigenvalue weighted by atomic mass is 10.1. The second kappa shape index (κ2) is 8.66. The maximum atomic E-state index is 12.8. The van der Waals surface area contributed by atoms with Gasteiger partial charge in [-0.1, -0.05) is 13.0 Å². The molecule has 8 heteroatoms. The highest BCUT2D eigenvalue weighted by Gasteiger charge is 2.30. The average molecular weight is 380 g/mol. The maximum absolute atomic E-state index is 12.8. The molecule has 0 aliphatic carbocycles. The molecular weight excluding hydrogens is 361 g/mol. The molecule has 2 aromatic rings. The van der Waals surface area contributed by atoms with E-state index in [2.05, 4.69) is 9.72 Å². The molecule has 0 bridgehead atoms. The Morgan fingerprint density at radius 2 is 1.81 bits per heavy atom. The molecule has 0 N–H and O–H groups in total. The molecule has 1 heterocycles. The van der Waals surface area contributed by atoms with E-state index >= 15 is 0 Å². The van der Waals surface area contributed by atoms with Gasteiger partial charge in [0.15, 0.2) is 0 Å². The van der Waals surface area contributed by atoms with E-state index in [1.54, 1.807) is 31.3 Å². The molecule has 1 amide bonds. The van der Waals surface area contributed by atoms with Crippen LogP contribution in [0.5, 0.6) is 0 Å². The Kier molecular flexibility index (Phi) is 6.55. The number of methoxy groups -OCH3 is 1. The number of hydrogen-bond acceptors (Lipinski definition) is 4. The molecule has 0 radical (unpaired) electrons. The lowest BCUT2D eigenvalue weighted by Gasteiger charge is -2.25. The summed E-state index contributed by atoms with van der Waals surface area (Å²) in [5, 5.41) is 0. The number of carbonyl (C=O) groups excluding carboxylic acids is 2. The zero-order valence-corrected chi connectivity index (χ0v) is 14.9. The van der Waals surface area contributed by atoms with Gasteiger partial charge in [0.25, 0.3) is 5.91 Å². The molecule has 1 atom stereocenters. The van der Waals surface area contributed by atoms with Crippen LogP contribution < -0.4 is 0 Å². The number of esters is 1. The van der Waals surface area contributed by atoms with Crippen molar-refractivity contribution in [2.24, 2.45) is 5.92 Å². The maximum Gasteiger partial charge on any atom is 0.416 e. The van der Waals surface area contributed by atoms with E-state index in [9.17, 15) is 22.8 Å². The van der Waals surface area contributed by atoms with Crippen LogP contribution >= 0.6 is 0 Å². The largest absolute Gasteiger partial charge is 0.469 e. The van der Waals surface area contributed by atoms with Crippen LogP contribution in [0.1, 0.15) is 28.5 Å². The third kappa shape index (κ3) is 5.54. The van der Waals surface area contributed by atoms with Crippen molar-refractivity contribution in [3.05, 3.63) is 65.5 Å². The minimum absolute atomic E-state index is 0.0447. The number of aromatic nitrogens is 1. The minimum Gasteiger partial charge on any atom is -0.469 e. The first-order valence-corrected chi connectivity index (χ1v) is 8.16. The molecule has 0 aliphatic heterocycles. The number of pyridine rings is 1. The second-order valence-corrected chi connectivity index (χ2v) is 6.01. The highest BCUT2D eigenvalue weighted by atomic mass is 19.4. The summed E-state index contributed by atoms with van der Waals surface area (Å²) in [7, 11) is 1.25. The summed E-state index contributed by atoms with van der Waals surface area (Å²) in [5.74, 6) is -1.58. The molecule has 1 aromatic carbocycles. The molecule has 0 aliphatic rings. The molecule has 0 saturated heterocycles. The fraction of sp³-hybridized carbons (Fsp3) is 0.316. The Morgan fingerprint density at radius 3 is 2.33 bits per heavy atom. The molecule has 1 unspecified atom stereocenters. The molecule has 27 heavy (non-hydrogen) atoms. The summed E-state index contributed by atoms with van der Waals surface area (Å²) in [5.41, 5.74) is -0.149. The van der Waals surface area contributed by atoms with Gasteiger partial charge >= 0.3 is 12.1 Å². The number of rotatable bonds is 6. The minimum atomic E-state index is -4.48. The summed E-state index contributed by atoms with van der Waals surface area (Å²) >= 11 is 0. The molecule has 0 spiro atoms. The standard InChI is InChI=1S/C19H19F3N2O3/c1-13(18(26)27-2)11-24(12-16-5-3-4-10-23-16)17(25)14-6-8-15(9-7-14)19(20,21)22/h3-10,13H,11-12H2,1-2H3. The van der Waals surface area contributed by atoms with E-state index < -0.39 is 29.5 Å². The van der Waals surface area contributed by atoms with Gasteiger partial charge in [0.1, 0.15) is 0 Å². The highest BCUT2D eigenvalue weighted by Crippen LogP contribution is 2.29. The number of nitrogens with zero attached hydrogens (tertiary/aromatic N) is 2. The summed E-state index contributed by atoms with van der Waals surface area (Å²) in [6.45, 7) is 1.77. The van der Waals surface area contributed by atoms with Crippen molar-refractivity contribution >= 4 is 11.9 Å². The highest BCUT2D eigenvalue weighted by molar-refractivity contribution is 5.94. The first-order chi connectivity index (χ1) is 12.7. The van der Waals surface area contributed by atoms with Crippen LogP contribution in [-0.4, -0.2) is 35.4 Å². The Balaban J connectivity index is 2.25. The van der Waals surface area contributed by atoms with Crippen molar-refractivity contribution in [1.82, 2.24) is 9.88 Å². The third-order valence-electron chi connectivity index (χ3n) is 3.92. The summed E-state index contributed by atoms with van der Waals surface area (Å²) < 4.78 is 42.8. The topological polar surface area (TPSA) is 59.5 Å². The number of amides is 1. The smallest absolute Gasteiger partial charge is 0.416 e. The van der Waals surface area contributed by atoms with Crippen LogP contribution in [0.4, 0.5) is 13.2 Å². The van der Waals surface area contributed by atoms with Gasteiger partial charge < -0.3 is 9.64 Å². The van der Waals surface area contributed by atoms with Crippen molar-refractivity contribution in [3.8, 4) is 0 Å². The summed E-state index contributed by atoms with van der Waals surface area (Å²) in [6.07, 6.45) is -2.91. The van der Waals surface area contributed by atoms with Crippen LogP contribution in [0.3, 0.4) is 0 Å². The number of benzene rings is 1. The Labute approximate surface area is 154 Å². The zero-order valence-electron chi connectivity index (χ0n) is 14.9. The number of halogens is 3. The van der Waals surface area contributed by atoms with Gasteiger partial charge in [0.2, 0.25) is 0 Å². The van der Waals surface area contributed by atoms with Crippen LogP contribution in [0.2, 0.25) is 0 Å². The summed E-state index contributed by atoms with van der Waals surface area (Å²) in [4.78, 5) is 30.1. The van der Waals surface area contributed by atoms with Crippen molar-refractivity contribution in [2.45, 2.75) is 19.6 Å². The first-order valence-electron chi connectivity index (χ1n) is 8.16. The predicted molar refractivity (Wildman–Crippen MR) is 91.6 cm³/mol. The molecule has 5 nitrogen and oxygen atoms in total. The second-order valence-electron chi connectivity index (χ2n) is 6.01. The monoisotopic (exact) mass is 380 g/mol. The Hall–Kier alpha value is -2.90. The van der Waals surface area contributed by atoms with Crippen LogP contribution in [0.25, 0.3) is 0 Å². The van der Waals surface area contributed by atoms with E-state index in [0.717, 1.165) is 24.3 Å². The van der Waals surface area contributed by atoms with Crippen molar-refractivity contribution in [1.29, 1.82) is 0 Å². The van der Waals surface area contributed by atoms with Crippen molar-refractivity contribution in [2.75, 3.05) is 13.7 Å². The van der Waals surface area contributed by atoms with Gasteiger partial charge in [0, 0.05) is 18.3 Å². The van der Waals surface area contributed by atoms with E-state index in [0.29, 0.717) is 5.69 Å². The van der Waals surface area contributed by atoms with Gasteiger partial charge in [0.05, 0.1) is 30.8 Å². The van der Waals surface area contributed by atoms with Crippen LogP contribution in [0.15, 0.2) is 48.7 Å². The van der Waals surface area contributed by atoms with Gasteiger partial charge in [-0.2, -0.15) is 13.2 Å². The first kappa shape index (κ1) is 20.4. The Bertz CT molecular complexity index is 777. The number of hydrogen-bond donors (Lipinski definition) is 0. The fourth-order valence-electron chi connectivity index (χ4n) is 2.50. The van der Waals surface area contributed by atoms with Gasteiger partial charge in [-0.05, 0) is 36.4 Å². The van der Waals surface area contributed by atoms with E-state index in [-0.39, 0.29) is 18.7 Å². The molecule has 0 saturated carbocycles. The number of alkyl halides is 3. The average Bonchev–Trinajstić information content (AvgIpc) is 2.66. The normalized spacial score (nSPS) is 12.3. The third-order valence-corrected chi connectivity index (χ3v) is 3.92. The van der Waals surface area contributed by atoms with E-state index in [1.165, 1.54) is 12.0 Å². The Morgan fingerprint density at radius 1 is 1.15 bits per heavy atom. The molecule has 2 rings (SSSR count). The van der Waals surface area contributed by atoms with E-state index in [1.807, 2.05) is 0 Å². The quantitative estimate of drug-likeness (QED) is 0.719. The molecular formula is C19H19F3N2O3. The van der Waals surface area contributed by atoms with Crippen molar-refractivity contribution in [3.63, 3.8) is 0 Å². The predicted octanol–water partition coefficient (Wildman–Crippen LogP) is 3.55.